The summed E-state index contributed by atoms with van der Waals surface area (Å²) in [6.07, 6.45) is 7.30. The molecule has 7 N–H and O–H groups in total. The standard InChI is InChI=1S/C16H21N3O.C6H14N2/c1-20-15-9-16(18-10-11-5-4-7-13(11)17)19-14-8-3-2-6-12(14)15;7-4-5-2-1-3-6(5)8/h2-3,6,8-9,11,13H,4-5,7,10,17H2,1H3,(H,18,19);5-6H,1-4,7-8H2. The van der Waals surface area contributed by atoms with E-state index in [1.165, 1.54) is 32.1 Å². The molecule has 1 heterocycles. The zero-order chi connectivity index (χ0) is 19.9. The number of ether oxygens (including phenoxy) is 1. The lowest BCUT2D eigenvalue weighted by atomic mass is 10.0. The lowest BCUT2D eigenvalue weighted by Gasteiger charge is -2.17. The molecule has 2 fully saturated rings. The quantitative estimate of drug-likeness (QED) is 0.630. The van der Waals surface area contributed by atoms with Crippen LogP contribution in [0.15, 0.2) is 30.3 Å². The van der Waals surface area contributed by atoms with Crippen molar-refractivity contribution in [1.29, 1.82) is 0 Å². The molecule has 4 rings (SSSR count). The molecule has 154 valence electrons. The third-order valence-corrected chi connectivity index (χ3v) is 6.18. The smallest absolute Gasteiger partial charge is 0.131 e. The van der Waals surface area contributed by atoms with E-state index in [2.05, 4.69) is 10.3 Å². The molecule has 0 spiro atoms. The minimum Gasteiger partial charge on any atom is -0.496 e. The van der Waals surface area contributed by atoms with Crippen LogP contribution in [0.1, 0.15) is 38.5 Å². The van der Waals surface area contributed by atoms with Crippen molar-refractivity contribution in [2.24, 2.45) is 29.0 Å². The number of fused-ring (bicyclic) bond motifs is 1. The van der Waals surface area contributed by atoms with Crippen LogP contribution in [-0.2, 0) is 0 Å². The van der Waals surface area contributed by atoms with Gasteiger partial charge < -0.3 is 27.3 Å². The molecule has 2 aliphatic carbocycles. The molecule has 0 aliphatic heterocycles. The fourth-order valence-corrected chi connectivity index (χ4v) is 4.32. The molecular weight excluding hydrogens is 350 g/mol. The number of para-hydroxylation sites is 1. The Labute approximate surface area is 168 Å². The van der Waals surface area contributed by atoms with Crippen LogP contribution in [0.4, 0.5) is 5.82 Å². The van der Waals surface area contributed by atoms with E-state index in [0.717, 1.165) is 42.0 Å². The van der Waals surface area contributed by atoms with Crippen LogP contribution in [0.3, 0.4) is 0 Å². The summed E-state index contributed by atoms with van der Waals surface area (Å²) >= 11 is 0. The molecule has 2 aromatic rings. The van der Waals surface area contributed by atoms with Gasteiger partial charge in [0.15, 0.2) is 0 Å². The number of aromatic nitrogens is 1. The molecule has 0 saturated heterocycles. The van der Waals surface area contributed by atoms with Gasteiger partial charge in [-0.1, -0.05) is 25.0 Å². The van der Waals surface area contributed by atoms with E-state index < -0.39 is 0 Å². The molecule has 0 bridgehead atoms. The molecule has 1 aromatic carbocycles. The van der Waals surface area contributed by atoms with E-state index in [9.17, 15) is 0 Å². The Balaban J connectivity index is 0.000000236. The number of pyridine rings is 1. The third-order valence-electron chi connectivity index (χ3n) is 6.18. The first-order valence-corrected chi connectivity index (χ1v) is 10.5. The second kappa shape index (κ2) is 10.0. The first kappa shape index (κ1) is 20.8. The van der Waals surface area contributed by atoms with Gasteiger partial charge in [0, 0.05) is 30.1 Å². The highest BCUT2D eigenvalue weighted by Gasteiger charge is 2.23. The number of anilines is 1. The highest BCUT2D eigenvalue weighted by atomic mass is 16.5. The minimum atomic E-state index is 0.324. The van der Waals surface area contributed by atoms with Crippen LogP contribution >= 0.6 is 0 Å². The largest absolute Gasteiger partial charge is 0.496 e. The van der Waals surface area contributed by atoms with Crippen LogP contribution in [-0.4, -0.2) is 37.3 Å². The zero-order valence-corrected chi connectivity index (χ0v) is 16.9. The van der Waals surface area contributed by atoms with E-state index >= 15 is 0 Å². The minimum absolute atomic E-state index is 0.324. The summed E-state index contributed by atoms with van der Waals surface area (Å²) in [6.45, 7) is 1.66. The molecule has 28 heavy (non-hydrogen) atoms. The van der Waals surface area contributed by atoms with Crippen LogP contribution in [0.2, 0.25) is 0 Å². The Morgan fingerprint density at radius 2 is 1.71 bits per heavy atom. The van der Waals surface area contributed by atoms with Crippen molar-refractivity contribution in [3.63, 3.8) is 0 Å². The Hall–Kier alpha value is -1.89. The summed E-state index contributed by atoms with van der Waals surface area (Å²) in [5, 5.41) is 4.45. The van der Waals surface area contributed by atoms with Gasteiger partial charge in [0.1, 0.15) is 11.6 Å². The Bertz CT molecular complexity index is 753. The lowest BCUT2D eigenvalue weighted by molar-refractivity contribution is 0.419. The van der Waals surface area contributed by atoms with E-state index in [1.807, 2.05) is 30.3 Å². The molecule has 4 unspecified atom stereocenters. The van der Waals surface area contributed by atoms with Gasteiger partial charge in [-0.3, -0.25) is 0 Å². The molecule has 1 aromatic heterocycles. The van der Waals surface area contributed by atoms with Crippen LogP contribution < -0.4 is 27.3 Å². The Morgan fingerprint density at radius 1 is 1.04 bits per heavy atom. The topological polar surface area (TPSA) is 112 Å². The fraction of sp³-hybridized carbons (Fsp3) is 0.591. The molecule has 6 heteroatoms. The summed E-state index contributed by atoms with van der Waals surface area (Å²) in [7, 11) is 1.69. The van der Waals surface area contributed by atoms with Gasteiger partial charge in [0.25, 0.3) is 0 Å². The normalized spacial score (nSPS) is 26.7. The van der Waals surface area contributed by atoms with Crippen molar-refractivity contribution < 1.29 is 4.74 Å². The molecular formula is C22H35N5O. The van der Waals surface area contributed by atoms with Crippen molar-refractivity contribution in [3.8, 4) is 5.75 Å². The predicted molar refractivity (Wildman–Crippen MR) is 116 cm³/mol. The number of nitrogens with two attached hydrogens (primary N) is 3. The maximum atomic E-state index is 6.10. The number of rotatable bonds is 5. The number of nitrogens with one attached hydrogen (secondary N) is 1. The van der Waals surface area contributed by atoms with Crippen LogP contribution in [0.25, 0.3) is 10.9 Å². The molecule has 0 amide bonds. The number of hydrogen-bond donors (Lipinski definition) is 4. The Kier molecular flexibility index (Phi) is 7.48. The van der Waals surface area contributed by atoms with Gasteiger partial charge in [0.2, 0.25) is 0 Å². The maximum Gasteiger partial charge on any atom is 0.131 e. The molecule has 2 aliphatic rings. The number of hydrogen-bond acceptors (Lipinski definition) is 6. The van der Waals surface area contributed by atoms with E-state index in [-0.39, 0.29) is 0 Å². The van der Waals surface area contributed by atoms with Crippen LogP contribution in [0.5, 0.6) is 5.75 Å². The van der Waals surface area contributed by atoms with Gasteiger partial charge in [-0.2, -0.15) is 0 Å². The monoisotopic (exact) mass is 385 g/mol. The summed E-state index contributed by atoms with van der Waals surface area (Å²) < 4.78 is 5.46. The van der Waals surface area contributed by atoms with Crippen molar-refractivity contribution in [1.82, 2.24) is 4.98 Å². The molecule has 0 radical (unpaired) electrons. The van der Waals surface area contributed by atoms with Gasteiger partial charge in [-0.15, -0.1) is 0 Å². The van der Waals surface area contributed by atoms with Gasteiger partial charge in [-0.25, -0.2) is 4.98 Å². The second-order valence-corrected chi connectivity index (χ2v) is 8.05. The summed E-state index contributed by atoms with van der Waals surface area (Å²) in [6, 6.07) is 10.7. The second-order valence-electron chi connectivity index (χ2n) is 8.05. The van der Waals surface area contributed by atoms with Crippen LogP contribution in [0, 0.1) is 11.8 Å². The van der Waals surface area contributed by atoms with Crippen molar-refractivity contribution in [3.05, 3.63) is 30.3 Å². The highest BCUT2D eigenvalue weighted by molar-refractivity contribution is 5.86. The zero-order valence-electron chi connectivity index (χ0n) is 16.9. The van der Waals surface area contributed by atoms with Gasteiger partial charge in [0.05, 0.1) is 12.6 Å². The lowest BCUT2D eigenvalue weighted by Crippen LogP contribution is -2.29. The average Bonchev–Trinajstić information content (AvgIpc) is 3.33. The third kappa shape index (κ3) is 5.13. The highest BCUT2D eigenvalue weighted by Crippen LogP contribution is 2.28. The Morgan fingerprint density at radius 3 is 2.29 bits per heavy atom. The fourth-order valence-electron chi connectivity index (χ4n) is 4.32. The summed E-state index contributed by atoms with van der Waals surface area (Å²) in [4.78, 5) is 4.64. The van der Waals surface area contributed by atoms with E-state index in [1.54, 1.807) is 7.11 Å². The van der Waals surface area contributed by atoms with E-state index in [4.69, 9.17) is 21.9 Å². The van der Waals surface area contributed by atoms with Crippen molar-refractivity contribution in [2.75, 3.05) is 25.5 Å². The van der Waals surface area contributed by atoms with Gasteiger partial charge >= 0.3 is 0 Å². The molecule has 6 nitrogen and oxygen atoms in total. The maximum absolute atomic E-state index is 6.10. The SMILES string of the molecule is COc1cc(NCC2CCCC2N)nc2ccccc12.NCC1CCCC1N. The first-order chi connectivity index (χ1) is 13.6. The predicted octanol–water partition coefficient (Wildman–Crippen LogP) is 2.86. The number of methoxy groups -OCH3 is 1. The van der Waals surface area contributed by atoms with E-state index in [0.29, 0.717) is 23.9 Å². The molecule has 4 atom stereocenters. The van der Waals surface area contributed by atoms with Gasteiger partial charge in [-0.05, 0) is 56.2 Å². The molecule has 2 saturated carbocycles. The van der Waals surface area contributed by atoms with Crippen molar-refractivity contribution >= 4 is 16.7 Å². The first-order valence-electron chi connectivity index (χ1n) is 10.5. The number of benzene rings is 1. The van der Waals surface area contributed by atoms with Crippen molar-refractivity contribution in [2.45, 2.75) is 50.6 Å². The number of nitrogens with zero attached hydrogens (tertiary/aromatic N) is 1. The summed E-state index contributed by atoms with van der Waals surface area (Å²) in [5.41, 5.74) is 18.2. The summed E-state index contributed by atoms with van der Waals surface area (Å²) in [5.74, 6) is 2.89. The average molecular weight is 386 g/mol.